The third kappa shape index (κ3) is 8.32. The van der Waals surface area contributed by atoms with Crippen LogP contribution in [0.25, 0.3) is 0 Å². The maximum atomic E-state index is 5.59. The lowest BCUT2D eigenvalue weighted by Gasteiger charge is -2.29. The van der Waals surface area contributed by atoms with Gasteiger partial charge in [-0.15, -0.1) is 24.8 Å². The van der Waals surface area contributed by atoms with Gasteiger partial charge in [-0.1, -0.05) is 25.7 Å². The molecular weight excluding hydrogens is 323 g/mol. The molecule has 0 unspecified atom stereocenters. The van der Waals surface area contributed by atoms with E-state index >= 15 is 0 Å². The molecule has 0 aromatic rings. The number of hydrogen-bond donors (Lipinski definition) is 2. The molecule has 0 amide bonds. The fraction of sp³-hybridized carbons (Fsp3) is 1.00. The van der Waals surface area contributed by atoms with Crippen molar-refractivity contribution in [3.05, 3.63) is 0 Å². The van der Waals surface area contributed by atoms with Crippen LogP contribution in [0.15, 0.2) is 0 Å². The standard InChI is InChI=1S/2C8H17NO.2ClH/c2*1-10-8-5-3-2-4-7(8)6-9;;/h2*7-8H,2-6,9H2,1H3;2*1H/t2*7-,8+;;/m10../s1. The van der Waals surface area contributed by atoms with E-state index in [2.05, 4.69) is 0 Å². The molecule has 0 aromatic heterocycles. The minimum Gasteiger partial charge on any atom is -0.381 e. The van der Waals surface area contributed by atoms with Crippen molar-refractivity contribution in [3.63, 3.8) is 0 Å². The molecule has 0 saturated heterocycles. The summed E-state index contributed by atoms with van der Waals surface area (Å²) in [4.78, 5) is 0. The third-order valence-electron chi connectivity index (χ3n) is 4.89. The highest BCUT2D eigenvalue weighted by Gasteiger charge is 2.23. The van der Waals surface area contributed by atoms with Crippen molar-refractivity contribution >= 4 is 24.8 Å². The summed E-state index contributed by atoms with van der Waals surface area (Å²) >= 11 is 0. The van der Waals surface area contributed by atoms with Gasteiger partial charge in [-0.3, -0.25) is 0 Å². The van der Waals surface area contributed by atoms with E-state index in [9.17, 15) is 0 Å². The minimum atomic E-state index is 0. The van der Waals surface area contributed by atoms with Gasteiger partial charge in [0.1, 0.15) is 0 Å². The summed E-state index contributed by atoms with van der Waals surface area (Å²) < 4.78 is 10.6. The minimum absolute atomic E-state index is 0. The first-order valence-electron chi connectivity index (χ1n) is 8.22. The number of ether oxygens (including phenoxy) is 2. The van der Waals surface area contributed by atoms with Gasteiger partial charge in [0.15, 0.2) is 0 Å². The Hall–Kier alpha value is 0.420. The molecule has 4 N–H and O–H groups in total. The monoisotopic (exact) mass is 358 g/mol. The highest BCUT2D eigenvalue weighted by Crippen LogP contribution is 2.25. The predicted octanol–water partition coefficient (Wildman–Crippen LogP) is 3.14. The number of halogens is 2. The molecule has 0 bridgehead atoms. The lowest BCUT2D eigenvalue weighted by molar-refractivity contribution is 0.0272. The summed E-state index contributed by atoms with van der Waals surface area (Å²) in [5, 5.41) is 0. The molecule has 22 heavy (non-hydrogen) atoms. The van der Waals surface area contributed by atoms with E-state index < -0.39 is 0 Å². The Labute approximate surface area is 148 Å². The highest BCUT2D eigenvalue weighted by atomic mass is 35.5. The van der Waals surface area contributed by atoms with E-state index in [0.29, 0.717) is 24.0 Å². The van der Waals surface area contributed by atoms with Gasteiger partial charge in [-0.05, 0) is 50.6 Å². The van der Waals surface area contributed by atoms with E-state index in [1.54, 1.807) is 14.2 Å². The molecule has 136 valence electrons. The molecular formula is C16H36Cl2N2O2. The first kappa shape index (κ1) is 24.7. The molecule has 0 aromatic carbocycles. The summed E-state index contributed by atoms with van der Waals surface area (Å²) in [6.45, 7) is 1.58. The molecule has 2 saturated carbocycles. The highest BCUT2D eigenvalue weighted by molar-refractivity contribution is 5.85. The zero-order valence-corrected chi connectivity index (χ0v) is 15.8. The van der Waals surface area contributed by atoms with Crippen molar-refractivity contribution in [1.29, 1.82) is 0 Å². The molecule has 4 atom stereocenters. The second-order valence-corrected chi connectivity index (χ2v) is 6.11. The Morgan fingerprint density at radius 2 is 1.00 bits per heavy atom. The zero-order chi connectivity index (χ0) is 14.8. The maximum absolute atomic E-state index is 5.59. The molecule has 0 radical (unpaired) electrons. The van der Waals surface area contributed by atoms with Gasteiger partial charge in [-0.2, -0.15) is 0 Å². The van der Waals surface area contributed by atoms with Crippen LogP contribution in [0.4, 0.5) is 0 Å². The summed E-state index contributed by atoms with van der Waals surface area (Å²) in [6, 6.07) is 0. The van der Waals surface area contributed by atoms with Crippen LogP contribution in [0.1, 0.15) is 51.4 Å². The molecule has 2 rings (SSSR count). The molecule has 2 aliphatic rings. The largest absolute Gasteiger partial charge is 0.381 e. The molecule has 6 heteroatoms. The summed E-state index contributed by atoms with van der Waals surface area (Å²) in [5.74, 6) is 1.25. The number of hydrogen-bond acceptors (Lipinski definition) is 4. The third-order valence-corrected chi connectivity index (χ3v) is 4.89. The maximum Gasteiger partial charge on any atom is 0.0611 e. The normalized spacial score (nSPS) is 31.1. The van der Waals surface area contributed by atoms with Crippen LogP contribution in [0.2, 0.25) is 0 Å². The van der Waals surface area contributed by atoms with Crippen LogP contribution >= 0.6 is 24.8 Å². The summed E-state index contributed by atoms with van der Waals surface area (Å²) in [7, 11) is 3.58. The SMILES string of the molecule is CO[C@@H]1CCCC[C@H]1CN.CO[C@H]1CCCC[C@@H]1CN.Cl.Cl. The van der Waals surface area contributed by atoms with E-state index in [1.807, 2.05) is 0 Å². The number of methoxy groups -OCH3 is 2. The van der Waals surface area contributed by atoms with Crippen molar-refractivity contribution in [2.45, 2.75) is 63.6 Å². The van der Waals surface area contributed by atoms with Gasteiger partial charge >= 0.3 is 0 Å². The summed E-state index contributed by atoms with van der Waals surface area (Å²) in [5.41, 5.74) is 11.2. The Morgan fingerprint density at radius 3 is 1.23 bits per heavy atom. The molecule has 2 fully saturated rings. The van der Waals surface area contributed by atoms with Crippen LogP contribution < -0.4 is 11.5 Å². The molecule has 0 aliphatic heterocycles. The van der Waals surface area contributed by atoms with Crippen LogP contribution in [0.5, 0.6) is 0 Å². The van der Waals surface area contributed by atoms with Gasteiger partial charge in [0, 0.05) is 14.2 Å². The summed E-state index contributed by atoms with van der Waals surface area (Å²) in [6.07, 6.45) is 11.1. The van der Waals surface area contributed by atoms with E-state index in [-0.39, 0.29) is 24.8 Å². The van der Waals surface area contributed by atoms with Crippen LogP contribution in [-0.2, 0) is 9.47 Å². The molecule has 4 nitrogen and oxygen atoms in total. The van der Waals surface area contributed by atoms with Gasteiger partial charge < -0.3 is 20.9 Å². The first-order chi connectivity index (χ1) is 9.76. The smallest absolute Gasteiger partial charge is 0.0611 e. The lowest BCUT2D eigenvalue weighted by Crippen LogP contribution is -2.32. The number of rotatable bonds is 4. The predicted molar refractivity (Wildman–Crippen MR) is 98.1 cm³/mol. The van der Waals surface area contributed by atoms with Crippen molar-refractivity contribution in [1.82, 2.24) is 0 Å². The number of nitrogens with two attached hydrogens (primary N) is 2. The van der Waals surface area contributed by atoms with Crippen molar-refractivity contribution in [2.75, 3.05) is 27.3 Å². The lowest BCUT2D eigenvalue weighted by atomic mass is 9.86. The van der Waals surface area contributed by atoms with Gasteiger partial charge in [0.05, 0.1) is 12.2 Å². The molecule has 0 heterocycles. The fourth-order valence-corrected chi connectivity index (χ4v) is 3.51. The quantitative estimate of drug-likeness (QED) is 0.809. The Morgan fingerprint density at radius 1 is 0.682 bits per heavy atom. The zero-order valence-electron chi connectivity index (χ0n) is 14.2. The van der Waals surface area contributed by atoms with Gasteiger partial charge in [0.25, 0.3) is 0 Å². The van der Waals surface area contributed by atoms with Crippen molar-refractivity contribution < 1.29 is 9.47 Å². The van der Waals surface area contributed by atoms with E-state index in [1.165, 1.54) is 51.4 Å². The van der Waals surface area contributed by atoms with Gasteiger partial charge in [0.2, 0.25) is 0 Å². The molecule has 2 aliphatic carbocycles. The first-order valence-corrected chi connectivity index (χ1v) is 8.22. The van der Waals surface area contributed by atoms with Crippen LogP contribution in [-0.4, -0.2) is 39.5 Å². The average Bonchev–Trinajstić information content (AvgIpc) is 2.55. The van der Waals surface area contributed by atoms with E-state index in [4.69, 9.17) is 20.9 Å². The van der Waals surface area contributed by atoms with Gasteiger partial charge in [-0.25, -0.2) is 0 Å². The Bertz CT molecular complexity index is 200. The molecule has 0 spiro atoms. The van der Waals surface area contributed by atoms with Crippen molar-refractivity contribution in [2.24, 2.45) is 23.3 Å². The Kier molecular flexibility index (Phi) is 16.8. The second kappa shape index (κ2) is 15.0. The average molecular weight is 359 g/mol. The van der Waals surface area contributed by atoms with Crippen molar-refractivity contribution in [3.8, 4) is 0 Å². The topological polar surface area (TPSA) is 70.5 Å². The second-order valence-electron chi connectivity index (χ2n) is 6.11. The van der Waals surface area contributed by atoms with E-state index in [0.717, 1.165) is 13.1 Å². The fourth-order valence-electron chi connectivity index (χ4n) is 3.51. The van der Waals surface area contributed by atoms with Crippen LogP contribution in [0.3, 0.4) is 0 Å². The van der Waals surface area contributed by atoms with Crippen LogP contribution in [0, 0.1) is 11.8 Å². The Balaban J connectivity index is 0.